The molecule has 1 aliphatic rings. The molecule has 0 aliphatic carbocycles. The molecule has 0 saturated carbocycles. The van der Waals surface area contributed by atoms with Crippen LogP contribution in [0.1, 0.15) is 56.0 Å². The maximum absolute atomic E-state index is 13.9. The number of amides is 1. The highest BCUT2D eigenvalue weighted by Crippen LogP contribution is 2.39. The lowest BCUT2D eigenvalue weighted by molar-refractivity contribution is -0.113. The highest BCUT2D eigenvalue weighted by Gasteiger charge is 2.33. The summed E-state index contributed by atoms with van der Waals surface area (Å²) in [6, 6.07) is 22.3. The maximum Gasteiger partial charge on any atom is 0.255 e. The van der Waals surface area contributed by atoms with Crippen LogP contribution in [0.15, 0.2) is 72.3 Å². The molecule has 5 rings (SSSR count). The maximum atomic E-state index is 13.9. The Hall–Kier alpha value is -3.86. The number of aromatic nitrogens is 2. The van der Waals surface area contributed by atoms with E-state index in [0.29, 0.717) is 5.57 Å². The Bertz CT molecular complexity index is 1470. The molecule has 0 radical (unpaired) electrons. The predicted molar refractivity (Wildman–Crippen MR) is 145 cm³/mol. The molecule has 0 fully saturated rings. The minimum absolute atomic E-state index is 0.0570. The summed E-state index contributed by atoms with van der Waals surface area (Å²) in [5.74, 6) is 0.631. The topological polar surface area (TPSA) is 59.0 Å². The van der Waals surface area contributed by atoms with Gasteiger partial charge in [-0.15, -0.1) is 0 Å². The molecular formula is C30H32N4O. The highest BCUT2D eigenvalue weighted by molar-refractivity contribution is 6.10. The van der Waals surface area contributed by atoms with E-state index in [9.17, 15) is 4.79 Å². The third-order valence-electron chi connectivity index (χ3n) is 6.83. The molecule has 1 aliphatic heterocycles. The summed E-state index contributed by atoms with van der Waals surface area (Å²) in [6.45, 7) is 12.7. The summed E-state index contributed by atoms with van der Waals surface area (Å²) in [4.78, 5) is 18.7. The van der Waals surface area contributed by atoms with E-state index >= 15 is 0 Å². The van der Waals surface area contributed by atoms with E-state index in [1.54, 1.807) is 0 Å². The van der Waals surface area contributed by atoms with Crippen molar-refractivity contribution in [3.8, 4) is 0 Å². The molecule has 0 bridgehead atoms. The molecule has 1 amide bonds. The molecule has 4 aromatic rings. The Morgan fingerprint density at radius 2 is 1.69 bits per heavy atom. The average Bonchev–Trinajstić information content (AvgIpc) is 3.19. The Balaban J connectivity index is 1.63. The summed E-state index contributed by atoms with van der Waals surface area (Å²) in [5.41, 5.74) is 8.81. The minimum Gasteiger partial charge on any atom is -0.344 e. The third-order valence-corrected chi connectivity index (χ3v) is 6.83. The second kappa shape index (κ2) is 8.42. The number of fused-ring (bicyclic) bond motifs is 3. The standard InChI is InChI=1S/C30H32N4O/c1-18-11-16-23(19(2)17-18)31-28(35)26-20(3)34-25-10-8-7-9-24(25)32-29(34)33-27(26)21-12-14-22(15-13-21)30(4,5)6/h7-17,27H,1-6H3,(H,31,35)(H,32,33)/t27-/m1/s1. The SMILES string of the molecule is CC1=C(C(=O)Nc2ccc(C)cc2C)[C@@H](c2ccc(C(C)(C)C)cc2)Nc2nc3ccccc3n21. The van der Waals surface area contributed by atoms with Gasteiger partial charge in [-0.3, -0.25) is 9.36 Å². The van der Waals surface area contributed by atoms with Crippen molar-refractivity contribution in [2.45, 2.75) is 53.0 Å². The van der Waals surface area contributed by atoms with E-state index in [1.807, 2.05) is 54.8 Å². The van der Waals surface area contributed by atoms with E-state index in [4.69, 9.17) is 4.98 Å². The quantitative estimate of drug-likeness (QED) is 0.344. The number of anilines is 2. The molecule has 5 heteroatoms. The van der Waals surface area contributed by atoms with E-state index in [1.165, 1.54) is 11.1 Å². The summed E-state index contributed by atoms with van der Waals surface area (Å²) in [7, 11) is 0. The van der Waals surface area contributed by atoms with Crippen LogP contribution >= 0.6 is 0 Å². The summed E-state index contributed by atoms with van der Waals surface area (Å²) in [5, 5.41) is 6.74. The van der Waals surface area contributed by atoms with Gasteiger partial charge in [0.2, 0.25) is 5.95 Å². The lowest BCUT2D eigenvalue weighted by Crippen LogP contribution is -2.30. The number of para-hydroxylation sites is 2. The van der Waals surface area contributed by atoms with Crippen LogP contribution in [-0.2, 0) is 10.2 Å². The van der Waals surface area contributed by atoms with Gasteiger partial charge in [-0.05, 0) is 61.1 Å². The van der Waals surface area contributed by atoms with Gasteiger partial charge in [0.15, 0.2) is 0 Å². The van der Waals surface area contributed by atoms with Crippen molar-refractivity contribution in [1.82, 2.24) is 9.55 Å². The fourth-order valence-corrected chi connectivity index (χ4v) is 4.86. The molecule has 2 N–H and O–H groups in total. The number of carbonyl (C=O) groups excluding carboxylic acids is 1. The molecule has 0 spiro atoms. The molecule has 5 nitrogen and oxygen atoms in total. The summed E-state index contributed by atoms with van der Waals surface area (Å²) >= 11 is 0. The number of nitrogens with one attached hydrogen (secondary N) is 2. The van der Waals surface area contributed by atoms with E-state index < -0.39 is 0 Å². The first-order valence-corrected chi connectivity index (χ1v) is 12.1. The first-order chi connectivity index (χ1) is 16.6. The number of rotatable bonds is 3. The van der Waals surface area contributed by atoms with Crippen molar-refractivity contribution in [2.75, 3.05) is 10.6 Å². The molecule has 2 heterocycles. The van der Waals surface area contributed by atoms with Gasteiger partial charge in [0, 0.05) is 11.4 Å². The molecule has 0 unspecified atom stereocenters. The van der Waals surface area contributed by atoms with Crippen LogP contribution < -0.4 is 10.6 Å². The number of benzene rings is 3. The van der Waals surface area contributed by atoms with Crippen LogP contribution in [-0.4, -0.2) is 15.5 Å². The number of hydrogen-bond acceptors (Lipinski definition) is 3. The molecule has 35 heavy (non-hydrogen) atoms. The van der Waals surface area contributed by atoms with Gasteiger partial charge < -0.3 is 10.6 Å². The van der Waals surface area contributed by atoms with E-state index in [-0.39, 0.29) is 17.4 Å². The van der Waals surface area contributed by atoms with Gasteiger partial charge in [-0.25, -0.2) is 4.98 Å². The van der Waals surface area contributed by atoms with E-state index in [0.717, 1.165) is 39.5 Å². The minimum atomic E-state index is -0.320. The molecule has 178 valence electrons. The van der Waals surface area contributed by atoms with Gasteiger partial charge in [0.05, 0.1) is 22.6 Å². The monoisotopic (exact) mass is 464 g/mol. The first-order valence-electron chi connectivity index (χ1n) is 12.1. The Morgan fingerprint density at radius 3 is 2.37 bits per heavy atom. The van der Waals surface area contributed by atoms with Crippen LogP contribution in [0.2, 0.25) is 0 Å². The van der Waals surface area contributed by atoms with Crippen LogP contribution in [0.3, 0.4) is 0 Å². The molecule has 1 aromatic heterocycles. The zero-order valence-electron chi connectivity index (χ0n) is 21.2. The van der Waals surface area contributed by atoms with Crippen molar-refractivity contribution in [3.63, 3.8) is 0 Å². The van der Waals surface area contributed by atoms with Gasteiger partial charge in [0.25, 0.3) is 5.91 Å². The van der Waals surface area contributed by atoms with Gasteiger partial charge in [-0.2, -0.15) is 0 Å². The Morgan fingerprint density at radius 1 is 0.971 bits per heavy atom. The van der Waals surface area contributed by atoms with Gasteiger partial charge >= 0.3 is 0 Å². The van der Waals surface area contributed by atoms with Gasteiger partial charge in [-0.1, -0.05) is 74.9 Å². The number of aryl methyl sites for hydroxylation is 2. The lowest BCUT2D eigenvalue weighted by atomic mass is 9.85. The molecule has 1 atom stereocenters. The summed E-state index contributed by atoms with van der Waals surface area (Å²) in [6.07, 6.45) is 0. The van der Waals surface area contributed by atoms with Crippen LogP contribution in [0.5, 0.6) is 0 Å². The van der Waals surface area contributed by atoms with Crippen LogP contribution in [0.25, 0.3) is 16.7 Å². The van der Waals surface area contributed by atoms with Crippen LogP contribution in [0, 0.1) is 13.8 Å². The molecular weight excluding hydrogens is 432 g/mol. The lowest BCUT2D eigenvalue weighted by Gasteiger charge is -2.30. The average molecular weight is 465 g/mol. The zero-order valence-corrected chi connectivity index (χ0v) is 21.2. The predicted octanol–water partition coefficient (Wildman–Crippen LogP) is 6.99. The van der Waals surface area contributed by atoms with Crippen molar-refractivity contribution < 1.29 is 4.79 Å². The normalized spacial score (nSPS) is 15.7. The second-order valence-electron chi connectivity index (χ2n) is 10.5. The fourth-order valence-electron chi connectivity index (χ4n) is 4.86. The van der Waals surface area contributed by atoms with Crippen molar-refractivity contribution in [3.05, 3.63) is 94.6 Å². The van der Waals surface area contributed by atoms with Crippen molar-refractivity contribution in [2.24, 2.45) is 0 Å². The zero-order chi connectivity index (χ0) is 24.9. The Labute approximate surface area is 206 Å². The number of allylic oxidation sites excluding steroid dienone is 1. The Kier molecular flexibility index (Phi) is 5.51. The number of hydrogen-bond donors (Lipinski definition) is 2. The van der Waals surface area contributed by atoms with Crippen molar-refractivity contribution in [1.29, 1.82) is 0 Å². The largest absolute Gasteiger partial charge is 0.344 e. The molecule has 0 saturated heterocycles. The number of nitrogens with zero attached hydrogens (tertiary/aromatic N) is 2. The fraction of sp³-hybridized carbons (Fsp3) is 0.267. The highest BCUT2D eigenvalue weighted by atomic mass is 16.1. The second-order valence-corrected chi connectivity index (χ2v) is 10.5. The summed E-state index contributed by atoms with van der Waals surface area (Å²) < 4.78 is 2.05. The van der Waals surface area contributed by atoms with E-state index in [2.05, 4.69) is 68.7 Å². The van der Waals surface area contributed by atoms with Crippen LogP contribution in [0.4, 0.5) is 11.6 Å². The third kappa shape index (κ3) is 4.12. The smallest absolute Gasteiger partial charge is 0.255 e. The van der Waals surface area contributed by atoms with Gasteiger partial charge in [0.1, 0.15) is 0 Å². The number of carbonyl (C=O) groups is 1. The molecule has 3 aromatic carbocycles. The van der Waals surface area contributed by atoms with Crippen molar-refractivity contribution >= 4 is 34.3 Å². The number of imidazole rings is 1. The first kappa shape index (κ1) is 22.9.